The maximum absolute atomic E-state index is 12.5. The SMILES string of the molecule is Cc1cccc(C(=O)N2CCN(C(=O)NC3CCCC3)CC2)c1. The third-order valence-electron chi connectivity index (χ3n) is 4.80. The Labute approximate surface area is 137 Å². The Morgan fingerprint density at radius 3 is 2.35 bits per heavy atom. The number of benzene rings is 1. The first-order chi connectivity index (χ1) is 11.1. The summed E-state index contributed by atoms with van der Waals surface area (Å²) in [6.07, 6.45) is 4.61. The monoisotopic (exact) mass is 315 g/mol. The van der Waals surface area contributed by atoms with Crippen LogP contribution in [0, 0.1) is 6.92 Å². The van der Waals surface area contributed by atoms with Gasteiger partial charge in [0.15, 0.2) is 0 Å². The van der Waals surface area contributed by atoms with Gasteiger partial charge in [0.05, 0.1) is 0 Å². The fraction of sp³-hybridized carbons (Fsp3) is 0.556. The van der Waals surface area contributed by atoms with E-state index in [1.165, 1.54) is 12.8 Å². The Morgan fingerprint density at radius 2 is 1.70 bits per heavy atom. The predicted molar refractivity (Wildman–Crippen MR) is 89.4 cm³/mol. The van der Waals surface area contributed by atoms with E-state index in [0.29, 0.717) is 32.2 Å². The Balaban J connectivity index is 1.51. The molecule has 1 aromatic carbocycles. The van der Waals surface area contributed by atoms with Gasteiger partial charge in [-0.3, -0.25) is 4.79 Å². The highest BCUT2D eigenvalue weighted by Gasteiger charge is 2.26. The summed E-state index contributed by atoms with van der Waals surface area (Å²) in [5.74, 6) is 0.0598. The maximum Gasteiger partial charge on any atom is 0.317 e. The molecule has 1 aliphatic heterocycles. The number of aryl methyl sites for hydroxylation is 1. The van der Waals surface area contributed by atoms with Crippen molar-refractivity contribution in [3.8, 4) is 0 Å². The molecule has 1 saturated carbocycles. The van der Waals surface area contributed by atoms with Gasteiger partial charge in [-0.05, 0) is 31.9 Å². The molecule has 0 atom stereocenters. The first-order valence-corrected chi connectivity index (χ1v) is 8.55. The lowest BCUT2D eigenvalue weighted by Gasteiger charge is -2.35. The Bertz CT molecular complexity index is 573. The molecule has 1 N–H and O–H groups in total. The number of nitrogens with zero attached hydrogens (tertiary/aromatic N) is 2. The summed E-state index contributed by atoms with van der Waals surface area (Å²) in [5.41, 5.74) is 1.82. The molecule has 2 aliphatic rings. The topological polar surface area (TPSA) is 52.7 Å². The van der Waals surface area contributed by atoms with Gasteiger partial charge in [-0.1, -0.05) is 30.5 Å². The van der Waals surface area contributed by atoms with E-state index in [9.17, 15) is 9.59 Å². The molecular weight excluding hydrogens is 290 g/mol. The van der Waals surface area contributed by atoms with Crippen LogP contribution in [0.5, 0.6) is 0 Å². The lowest BCUT2D eigenvalue weighted by molar-refractivity contribution is 0.0663. The Morgan fingerprint density at radius 1 is 1.04 bits per heavy atom. The molecule has 0 radical (unpaired) electrons. The average Bonchev–Trinajstić information content (AvgIpc) is 3.07. The van der Waals surface area contributed by atoms with Crippen molar-refractivity contribution in [3.63, 3.8) is 0 Å². The van der Waals surface area contributed by atoms with Gasteiger partial charge in [-0.25, -0.2) is 4.79 Å². The summed E-state index contributed by atoms with van der Waals surface area (Å²) in [7, 11) is 0. The number of rotatable bonds is 2. The molecule has 3 amide bonds. The fourth-order valence-electron chi connectivity index (χ4n) is 3.41. The fourth-order valence-corrected chi connectivity index (χ4v) is 3.41. The molecule has 124 valence electrons. The Hall–Kier alpha value is -2.04. The molecule has 1 heterocycles. The van der Waals surface area contributed by atoms with Crippen molar-refractivity contribution >= 4 is 11.9 Å². The summed E-state index contributed by atoms with van der Waals surface area (Å²) in [6, 6.07) is 8.04. The van der Waals surface area contributed by atoms with Crippen LogP contribution < -0.4 is 5.32 Å². The molecule has 0 spiro atoms. The molecule has 0 aromatic heterocycles. The van der Waals surface area contributed by atoms with Gasteiger partial charge in [-0.2, -0.15) is 0 Å². The second-order valence-electron chi connectivity index (χ2n) is 6.58. The van der Waals surface area contributed by atoms with Gasteiger partial charge < -0.3 is 15.1 Å². The second kappa shape index (κ2) is 7.02. The minimum absolute atomic E-state index is 0.0274. The minimum Gasteiger partial charge on any atom is -0.335 e. The van der Waals surface area contributed by atoms with Crippen LogP contribution in [0.25, 0.3) is 0 Å². The molecule has 1 aliphatic carbocycles. The van der Waals surface area contributed by atoms with Gasteiger partial charge in [0.1, 0.15) is 0 Å². The van der Waals surface area contributed by atoms with Crippen LogP contribution in [0.4, 0.5) is 4.79 Å². The Kier molecular flexibility index (Phi) is 4.84. The zero-order valence-corrected chi connectivity index (χ0v) is 13.8. The molecule has 2 fully saturated rings. The number of carbonyl (C=O) groups excluding carboxylic acids is 2. The highest BCUT2D eigenvalue weighted by molar-refractivity contribution is 5.94. The van der Waals surface area contributed by atoms with Crippen LogP contribution in [0.15, 0.2) is 24.3 Å². The predicted octanol–water partition coefficient (Wildman–Crippen LogP) is 2.41. The standard InChI is InChI=1S/C18H25N3O2/c1-14-5-4-6-15(13-14)17(22)20-9-11-21(12-10-20)18(23)19-16-7-2-3-8-16/h4-6,13,16H,2-3,7-12H2,1H3,(H,19,23). The van der Waals surface area contributed by atoms with E-state index in [1.54, 1.807) is 0 Å². The molecule has 23 heavy (non-hydrogen) atoms. The maximum atomic E-state index is 12.5. The van der Waals surface area contributed by atoms with Crippen LogP contribution in [0.1, 0.15) is 41.6 Å². The van der Waals surface area contributed by atoms with Crippen LogP contribution in [0.3, 0.4) is 0 Å². The summed E-state index contributed by atoms with van der Waals surface area (Å²) in [5, 5.41) is 3.12. The number of urea groups is 1. The van der Waals surface area contributed by atoms with E-state index in [1.807, 2.05) is 41.0 Å². The normalized spacial score (nSPS) is 19.0. The van der Waals surface area contributed by atoms with E-state index in [-0.39, 0.29) is 11.9 Å². The van der Waals surface area contributed by atoms with Crippen molar-refractivity contribution in [2.45, 2.75) is 38.6 Å². The third-order valence-corrected chi connectivity index (χ3v) is 4.80. The largest absolute Gasteiger partial charge is 0.335 e. The number of hydrogen-bond acceptors (Lipinski definition) is 2. The number of nitrogens with one attached hydrogen (secondary N) is 1. The van der Waals surface area contributed by atoms with Crippen molar-refractivity contribution in [3.05, 3.63) is 35.4 Å². The van der Waals surface area contributed by atoms with E-state index < -0.39 is 0 Å². The minimum atomic E-state index is 0.0274. The number of carbonyl (C=O) groups is 2. The smallest absolute Gasteiger partial charge is 0.317 e. The van der Waals surface area contributed by atoms with Crippen molar-refractivity contribution in [1.29, 1.82) is 0 Å². The summed E-state index contributed by atoms with van der Waals surface area (Å²) in [4.78, 5) is 28.4. The van der Waals surface area contributed by atoms with Crippen molar-refractivity contribution in [2.75, 3.05) is 26.2 Å². The van der Waals surface area contributed by atoms with Gasteiger partial charge >= 0.3 is 6.03 Å². The average molecular weight is 315 g/mol. The zero-order chi connectivity index (χ0) is 16.2. The van der Waals surface area contributed by atoms with E-state index >= 15 is 0 Å². The molecule has 0 unspecified atom stereocenters. The molecule has 0 bridgehead atoms. The molecule has 5 nitrogen and oxygen atoms in total. The molecular formula is C18H25N3O2. The van der Waals surface area contributed by atoms with Crippen molar-refractivity contribution in [2.24, 2.45) is 0 Å². The lowest BCUT2D eigenvalue weighted by atomic mass is 10.1. The van der Waals surface area contributed by atoms with Gasteiger partial charge in [0, 0.05) is 37.8 Å². The van der Waals surface area contributed by atoms with Crippen LogP contribution in [0.2, 0.25) is 0 Å². The van der Waals surface area contributed by atoms with E-state index in [0.717, 1.165) is 24.0 Å². The van der Waals surface area contributed by atoms with Crippen molar-refractivity contribution < 1.29 is 9.59 Å². The zero-order valence-electron chi connectivity index (χ0n) is 13.8. The highest BCUT2D eigenvalue weighted by Crippen LogP contribution is 2.18. The number of piperazine rings is 1. The number of amides is 3. The summed E-state index contributed by atoms with van der Waals surface area (Å²) >= 11 is 0. The summed E-state index contributed by atoms with van der Waals surface area (Å²) in [6.45, 7) is 4.41. The van der Waals surface area contributed by atoms with Gasteiger partial charge in [-0.15, -0.1) is 0 Å². The van der Waals surface area contributed by atoms with E-state index in [2.05, 4.69) is 5.32 Å². The van der Waals surface area contributed by atoms with E-state index in [4.69, 9.17) is 0 Å². The van der Waals surface area contributed by atoms with Gasteiger partial charge in [0.25, 0.3) is 5.91 Å². The highest BCUT2D eigenvalue weighted by atomic mass is 16.2. The molecule has 3 rings (SSSR count). The van der Waals surface area contributed by atoms with Crippen molar-refractivity contribution in [1.82, 2.24) is 15.1 Å². The van der Waals surface area contributed by atoms with Crippen LogP contribution in [-0.4, -0.2) is 54.0 Å². The molecule has 1 saturated heterocycles. The summed E-state index contributed by atoms with van der Waals surface area (Å²) < 4.78 is 0. The quantitative estimate of drug-likeness (QED) is 0.911. The molecule has 5 heteroatoms. The van der Waals surface area contributed by atoms with Crippen LogP contribution in [-0.2, 0) is 0 Å². The van der Waals surface area contributed by atoms with Crippen LogP contribution >= 0.6 is 0 Å². The third kappa shape index (κ3) is 3.84. The second-order valence-corrected chi connectivity index (χ2v) is 6.58. The number of hydrogen-bond donors (Lipinski definition) is 1. The first kappa shape index (κ1) is 15.8. The first-order valence-electron chi connectivity index (χ1n) is 8.55. The lowest BCUT2D eigenvalue weighted by Crippen LogP contribution is -2.54. The molecule has 1 aromatic rings. The van der Waals surface area contributed by atoms with Gasteiger partial charge in [0.2, 0.25) is 0 Å².